The number of rotatable bonds is 12. The summed E-state index contributed by atoms with van der Waals surface area (Å²) in [6, 6.07) is 10.6. The number of nitrogens with one attached hydrogen (secondary N) is 1. The van der Waals surface area contributed by atoms with Crippen molar-refractivity contribution in [1.29, 1.82) is 0 Å². The number of aromatic nitrogens is 2. The summed E-state index contributed by atoms with van der Waals surface area (Å²) < 4.78 is 11.2. The maximum atomic E-state index is 5.82. The molecular formula is C26H36N4O2. The van der Waals surface area contributed by atoms with Gasteiger partial charge in [0.1, 0.15) is 6.61 Å². The molecule has 6 nitrogen and oxygen atoms in total. The molecule has 0 radical (unpaired) electrons. The van der Waals surface area contributed by atoms with Gasteiger partial charge in [0.25, 0.3) is 5.89 Å². The first-order valence-corrected chi connectivity index (χ1v) is 11.0. The second-order valence-corrected chi connectivity index (χ2v) is 8.09. The van der Waals surface area contributed by atoms with Crippen LogP contribution in [-0.4, -0.2) is 34.7 Å². The Labute approximate surface area is 192 Å². The van der Waals surface area contributed by atoms with Gasteiger partial charge in [-0.2, -0.15) is 4.98 Å². The van der Waals surface area contributed by atoms with E-state index >= 15 is 0 Å². The zero-order valence-electron chi connectivity index (χ0n) is 20.1. The molecule has 0 fully saturated rings. The molecule has 0 saturated carbocycles. The van der Waals surface area contributed by atoms with Crippen LogP contribution >= 0.6 is 0 Å². The van der Waals surface area contributed by atoms with Crippen molar-refractivity contribution in [2.45, 2.75) is 53.2 Å². The second kappa shape index (κ2) is 12.7. The highest BCUT2D eigenvalue weighted by Crippen LogP contribution is 2.18. The summed E-state index contributed by atoms with van der Waals surface area (Å²) >= 11 is 0. The number of ether oxygens (including phenoxy) is 1. The summed E-state index contributed by atoms with van der Waals surface area (Å²) in [4.78, 5) is 6.59. The van der Waals surface area contributed by atoms with E-state index in [4.69, 9.17) is 9.26 Å². The molecule has 2 aromatic rings. The van der Waals surface area contributed by atoms with Gasteiger partial charge in [0.2, 0.25) is 5.82 Å². The SMILES string of the molecule is C=C(N/C(C)=C/C(=C\C=C\C)c1noc(COCC(C)c2ccccc2)n1)N(C)C(C)C. The zero-order chi connectivity index (χ0) is 23.5. The standard InChI is InChI=1S/C26H36N4O2/c1-8-9-13-24(16-21(5)27-22(6)30(7)19(2)3)26-28-25(32-29-26)18-31-17-20(4)23-14-11-10-12-15-23/h8-16,19-20,27H,6,17-18H2,1-5,7H3/b9-8+,21-16+,24-13+. The Bertz CT molecular complexity index is 942. The van der Waals surface area contributed by atoms with Crippen molar-refractivity contribution in [3.63, 3.8) is 0 Å². The average Bonchev–Trinajstić information content (AvgIpc) is 3.25. The molecule has 1 atom stereocenters. The van der Waals surface area contributed by atoms with Crippen LogP contribution in [0, 0.1) is 0 Å². The Morgan fingerprint density at radius 3 is 2.62 bits per heavy atom. The fourth-order valence-electron chi connectivity index (χ4n) is 2.92. The zero-order valence-corrected chi connectivity index (χ0v) is 20.1. The molecule has 1 heterocycles. The molecule has 0 aliphatic carbocycles. The number of allylic oxidation sites excluding steroid dienone is 6. The van der Waals surface area contributed by atoms with E-state index in [9.17, 15) is 0 Å². The minimum absolute atomic E-state index is 0.276. The molecule has 0 saturated heterocycles. The smallest absolute Gasteiger partial charge is 0.252 e. The summed E-state index contributed by atoms with van der Waals surface area (Å²) in [6.45, 7) is 15.3. The maximum absolute atomic E-state index is 5.82. The van der Waals surface area contributed by atoms with Crippen LogP contribution in [0.4, 0.5) is 0 Å². The lowest BCUT2D eigenvalue weighted by Gasteiger charge is -2.26. The highest BCUT2D eigenvalue weighted by atomic mass is 16.5. The molecule has 32 heavy (non-hydrogen) atoms. The molecule has 0 aliphatic heterocycles. The van der Waals surface area contributed by atoms with E-state index in [1.54, 1.807) is 0 Å². The average molecular weight is 437 g/mol. The van der Waals surface area contributed by atoms with Crippen LogP contribution in [-0.2, 0) is 11.3 Å². The van der Waals surface area contributed by atoms with Gasteiger partial charge >= 0.3 is 0 Å². The van der Waals surface area contributed by atoms with Gasteiger partial charge in [-0.3, -0.25) is 0 Å². The third-order valence-electron chi connectivity index (χ3n) is 5.07. The normalized spacial score (nSPS) is 13.6. The molecular weight excluding hydrogens is 400 g/mol. The quantitative estimate of drug-likeness (QED) is 0.434. The lowest BCUT2D eigenvalue weighted by atomic mass is 10.0. The minimum atomic E-state index is 0.276. The van der Waals surface area contributed by atoms with Crippen LogP contribution in [0.2, 0.25) is 0 Å². The van der Waals surface area contributed by atoms with Gasteiger partial charge in [0, 0.05) is 30.3 Å². The maximum Gasteiger partial charge on any atom is 0.252 e. The van der Waals surface area contributed by atoms with Crippen molar-refractivity contribution >= 4 is 5.57 Å². The van der Waals surface area contributed by atoms with Gasteiger partial charge < -0.3 is 19.5 Å². The lowest BCUT2D eigenvalue weighted by Crippen LogP contribution is -2.32. The van der Waals surface area contributed by atoms with E-state index in [-0.39, 0.29) is 12.5 Å². The second-order valence-electron chi connectivity index (χ2n) is 8.09. The van der Waals surface area contributed by atoms with Gasteiger partial charge in [0.15, 0.2) is 0 Å². The lowest BCUT2D eigenvalue weighted by molar-refractivity contribution is 0.0888. The number of nitrogens with zero attached hydrogens (tertiary/aromatic N) is 3. The monoisotopic (exact) mass is 436 g/mol. The van der Waals surface area contributed by atoms with Crippen molar-refractivity contribution in [2.24, 2.45) is 0 Å². The van der Waals surface area contributed by atoms with Gasteiger partial charge in [-0.15, -0.1) is 0 Å². The molecule has 0 spiro atoms. The van der Waals surface area contributed by atoms with Crippen LogP contribution in [0.15, 0.2) is 77.3 Å². The number of hydrogen-bond acceptors (Lipinski definition) is 6. The largest absolute Gasteiger partial charge is 0.371 e. The molecule has 1 aromatic heterocycles. The molecule has 172 valence electrons. The van der Waals surface area contributed by atoms with Crippen LogP contribution in [0.25, 0.3) is 5.57 Å². The first-order chi connectivity index (χ1) is 15.3. The fraction of sp³-hybridized carbons (Fsp3) is 0.385. The van der Waals surface area contributed by atoms with E-state index in [0.717, 1.165) is 17.1 Å². The van der Waals surface area contributed by atoms with Crippen molar-refractivity contribution in [2.75, 3.05) is 13.7 Å². The van der Waals surface area contributed by atoms with Gasteiger partial charge in [0.05, 0.1) is 12.4 Å². The van der Waals surface area contributed by atoms with Crippen LogP contribution in [0.3, 0.4) is 0 Å². The number of hydrogen-bond donors (Lipinski definition) is 1. The van der Waals surface area contributed by atoms with Crippen LogP contribution in [0.5, 0.6) is 0 Å². The Balaban J connectivity index is 2.02. The van der Waals surface area contributed by atoms with Crippen LogP contribution in [0.1, 0.15) is 57.8 Å². The first-order valence-electron chi connectivity index (χ1n) is 11.0. The highest BCUT2D eigenvalue weighted by molar-refractivity contribution is 5.71. The van der Waals surface area contributed by atoms with Crippen molar-refractivity contribution in [3.05, 3.63) is 90.0 Å². The number of benzene rings is 1. The van der Waals surface area contributed by atoms with Gasteiger partial charge in [-0.05, 0) is 39.3 Å². The Kier molecular flexibility index (Phi) is 9.95. The molecule has 1 aromatic carbocycles. The minimum Gasteiger partial charge on any atom is -0.371 e. The van der Waals surface area contributed by atoms with Crippen molar-refractivity contribution < 1.29 is 9.26 Å². The fourth-order valence-corrected chi connectivity index (χ4v) is 2.92. The third-order valence-corrected chi connectivity index (χ3v) is 5.07. The summed E-state index contributed by atoms with van der Waals surface area (Å²) in [6.07, 6.45) is 7.83. The summed E-state index contributed by atoms with van der Waals surface area (Å²) in [5.41, 5.74) is 3.01. The predicted molar refractivity (Wildman–Crippen MR) is 131 cm³/mol. The molecule has 2 rings (SSSR count). The summed E-state index contributed by atoms with van der Waals surface area (Å²) in [5, 5.41) is 7.47. The van der Waals surface area contributed by atoms with E-state index in [1.165, 1.54) is 5.56 Å². The molecule has 0 bridgehead atoms. The molecule has 0 amide bonds. The van der Waals surface area contributed by atoms with E-state index in [2.05, 4.69) is 59.8 Å². The molecule has 0 aliphatic rings. The van der Waals surface area contributed by atoms with E-state index in [1.807, 2.05) is 63.4 Å². The Hall–Kier alpha value is -3.12. The summed E-state index contributed by atoms with van der Waals surface area (Å²) in [7, 11) is 2.01. The van der Waals surface area contributed by atoms with Crippen molar-refractivity contribution in [1.82, 2.24) is 20.4 Å². The topological polar surface area (TPSA) is 63.4 Å². The predicted octanol–water partition coefficient (Wildman–Crippen LogP) is 5.65. The van der Waals surface area contributed by atoms with Gasteiger partial charge in [-0.1, -0.05) is 67.2 Å². The van der Waals surface area contributed by atoms with E-state index < -0.39 is 0 Å². The molecule has 1 unspecified atom stereocenters. The highest BCUT2D eigenvalue weighted by Gasteiger charge is 2.12. The Morgan fingerprint density at radius 2 is 1.97 bits per heavy atom. The van der Waals surface area contributed by atoms with Crippen molar-refractivity contribution in [3.8, 4) is 0 Å². The Morgan fingerprint density at radius 1 is 1.25 bits per heavy atom. The van der Waals surface area contributed by atoms with Gasteiger partial charge in [-0.25, -0.2) is 0 Å². The van der Waals surface area contributed by atoms with Crippen LogP contribution < -0.4 is 5.32 Å². The molecule has 6 heteroatoms. The van der Waals surface area contributed by atoms with E-state index in [0.29, 0.717) is 24.4 Å². The first kappa shape index (κ1) is 25.1. The third kappa shape index (κ3) is 7.85. The summed E-state index contributed by atoms with van der Waals surface area (Å²) in [5.74, 6) is 2.09. The molecule has 1 N–H and O–H groups in total.